The summed E-state index contributed by atoms with van der Waals surface area (Å²) in [7, 11) is 0. The topological polar surface area (TPSA) is 175 Å². The van der Waals surface area contributed by atoms with Crippen LogP contribution in [-0.4, -0.2) is 57.9 Å². The molecular weight excluding hydrogens is 391 g/mol. The number of hydrogen-bond acceptors (Lipinski definition) is 9. The van der Waals surface area contributed by atoms with Crippen LogP contribution in [0.25, 0.3) is 10.4 Å². The molecule has 29 heavy (non-hydrogen) atoms. The van der Waals surface area contributed by atoms with Gasteiger partial charge in [-0.25, -0.2) is 9.18 Å². The molecule has 1 aromatic heterocycles. The van der Waals surface area contributed by atoms with Crippen molar-refractivity contribution in [1.29, 1.82) is 0 Å². The van der Waals surface area contributed by atoms with Crippen molar-refractivity contribution >= 4 is 11.8 Å². The minimum absolute atomic E-state index is 0.0462. The summed E-state index contributed by atoms with van der Waals surface area (Å²) in [5.74, 6) is -0.667. The third-order valence-corrected chi connectivity index (χ3v) is 4.38. The number of carbonyl (C=O) groups is 1. The number of aliphatic hydroxyl groups is 1. The Labute approximate surface area is 165 Å². The van der Waals surface area contributed by atoms with E-state index >= 15 is 4.39 Å². The second-order valence-electron chi connectivity index (χ2n) is 6.38. The first-order valence-corrected chi connectivity index (χ1v) is 8.94. The molecule has 12 nitrogen and oxygen atoms in total. The number of anilines is 1. The van der Waals surface area contributed by atoms with Crippen LogP contribution in [0.15, 0.2) is 22.2 Å². The van der Waals surface area contributed by atoms with E-state index in [9.17, 15) is 14.7 Å². The summed E-state index contributed by atoms with van der Waals surface area (Å²) >= 11 is 0. The number of esters is 1. The van der Waals surface area contributed by atoms with Gasteiger partial charge in [-0.2, -0.15) is 4.98 Å². The van der Waals surface area contributed by atoms with Gasteiger partial charge in [0.2, 0.25) is 0 Å². The smallest absolute Gasteiger partial charge is 0.351 e. The Bertz CT molecular complexity index is 830. The Morgan fingerprint density at radius 1 is 1.62 bits per heavy atom. The van der Waals surface area contributed by atoms with Crippen molar-refractivity contribution in [3.8, 4) is 0 Å². The van der Waals surface area contributed by atoms with Crippen LogP contribution in [0, 0.1) is 0 Å². The Hall–Kier alpha value is -2.73. The molecule has 0 spiro atoms. The highest BCUT2D eigenvalue weighted by Gasteiger charge is 2.58. The van der Waals surface area contributed by atoms with Crippen LogP contribution in [0.1, 0.15) is 32.9 Å². The van der Waals surface area contributed by atoms with Crippen LogP contribution in [0.5, 0.6) is 0 Å². The van der Waals surface area contributed by atoms with Crippen LogP contribution < -0.4 is 11.4 Å². The van der Waals surface area contributed by atoms with E-state index in [1.54, 1.807) is 13.8 Å². The summed E-state index contributed by atoms with van der Waals surface area (Å²) in [5, 5.41) is 13.3. The normalized spacial score (nSPS) is 27.2. The van der Waals surface area contributed by atoms with Gasteiger partial charge in [-0.3, -0.25) is 9.36 Å². The van der Waals surface area contributed by atoms with Gasteiger partial charge in [0.15, 0.2) is 18.7 Å². The summed E-state index contributed by atoms with van der Waals surface area (Å²) in [5.41, 5.74) is 11.5. The number of azide groups is 1. The third-order valence-electron chi connectivity index (χ3n) is 4.38. The van der Waals surface area contributed by atoms with Gasteiger partial charge >= 0.3 is 11.7 Å². The van der Waals surface area contributed by atoms with Gasteiger partial charge in [-0.1, -0.05) is 19.0 Å². The minimum atomic E-state index is -1.99. The van der Waals surface area contributed by atoms with Crippen molar-refractivity contribution in [3.63, 3.8) is 0 Å². The number of carbonyl (C=O) groups excluding carboxylic acids is 1. The fourth-order valence-electron chi connectivity index (χ4n) is 2.85. The van der Waals surface area contributed by atoms with Crippen LogP contribution in [0.2, 0.25) is 0 Å². The van der Waals surface area contributed by atoms with Crippen LogP contribution in [0.4, 0.5) is 10.2 Å². The fraction of sp³-hybridized carbons (Fsp3) is 0.688. The van der Waals surface area contributed by atoms with E-state index in [2.05, 4.69) is 15.0 Å². The van der Waals surface area contributed by atoms with Crippen molar-refractivity contribution in [3.05, 3.63) is 33.2 Å². The molecule has 0 radical (unpaired) electrons. The molecule has 2 rings (SSSR count). The van der Waals surface area contributed by atoms with Crippen LogP contribution in [-0.2, 0) is 19.0 Å². The minimum Gasteiger partial charge on any atom is -0.462 e. The zero-order valence-corrected chi connectivity index (χ0v) is 16.0. The molecule has 1 fully saturated rings. The zero-order valence-electron chi connectivity index (χ0n) is 16.0. The number of aromatic nitrogens is 2. The first-order valence-electron chi connectivity index (χ1n) is 8.94. The van der Waals surface area contributed by atoms with E-state index in [-0.39, 0.29) is 18.7 Å². The molecule has 0 bridgehead atoms. The largest absolute Gasteiger partial charge is 0.462 e. The second-order valence-corrected chi connectivity index (χ2v) is 6.38. The number of alkyl halides is 1. The van der Waals surface area contributed by atoms with E-state index in [1.807, 2.05) is 0 Å². The maximum atomic E-state index is 15.4. The lowest BCUT2D eigenvalue weighted by Gasteiger charge is -2.33. The second kappa shape index (κ2) is 9.65. The van der Waals surface area contributed by atoms with E-state index in [1.165, 1.54) is 12.3 Å². The molecule has 0 aromatic carbocycles. The first-order chi connectivity index (χ1) is 13.8. The predicted molar refractivity (Wildman–Crippen MR) is 97.1 cm³/mol. The van der Waals surface area contributed by atoms with E-state index < -0.39 is 55.2 Å². The molecular formula is C16H23FN6O6. The molecule has 1 aliphatic heterocycles. The Kier molecular flexibility index (Phi) is 7.51. The number of nitrogens with two attached hydrogens (primary N) is 1. The molecule has 1 aliphatic rings. The molecule has 5 atom stereocenters. The number of nitrogens with zero attached hydrogens (tertiary/aromatic N) is 5. The predicted octanol–water partition coefficient (Wildman–Crippen LogP) is 0.808. The summed E-state index contributed by atoms with van der Waals surface area (Å²) in [6.45, 7) is 2.17. The van der Waals surface area contributed by atoms with Gasteiger partial charge in [-0.05, 0) is 18.0 Å². The van der Waals surface area contributed by atoms with Gasteiger partial charge in [-0.15, -0.1) is 0 Å². The van der Waals surface area contributed by atoms with Gasteiger partial charge in [0.1, 0.15) is 24.1 Å². The number of nitrogen functional groups attached to an aromatic ring is 1. The van der Waals surface area contributed by atoms with E-state index in [4.69, 9.17) is 25.5 Å². The zero-order chi connectivity index (χ0) is 21.6. The molecule has 2 heterocycles. The maximum Gasteiger partial charge on any atom is 0.351 e. The molecule has 160 valence electrons. The number of halogens is 1. The lowest BCUT2D eigenvalue weighted by molar-refractivity contribution is -0.201. The molecule has 3 N–H and O–H groups in total. The summed E-state index contributed by atoms with van der Waals surface area (Å²) in [6, 6.07) is 1.28. The van der Waals surface area contributed by atoms with Crippen LogP contribution in [0.3, 0.4) is 0 Å². The van der Waals surface area contributed by atoms with E-state index in [0.29, 0.717) is 0 Å². The number of ether oxygens (including phenoxy) is 3. The summed E-state index contributed by atoms with van der Waals surface area (Å²) < 4.78 is 32.5. The fourth-order valence-corrected chi connectivity index (χ4v) is 2.85. The van der Waals surface area contributed by atoms with Gasteiger partial charge in [0.25, 0.3) is 0 Å². The standard InChI is InChI=1S/C16H23FN6O6/c1-3-10(24)27-8-16(7-20-22-19)13(28-11(25)4-2)12(17)14(29-16)23-6-5-9(18)21-15(23)26/h5-6,11-14,25H,3-4,7-8H2,1-2H3,(H2,18,21,26)/t11?,12-,13+,14-,16-/m1/s1. The van der Waals surface area contributed by atoms with Crippen molar-refractivity contribution in [2.45, 2.75) is 57.1 Å². The van der Waals surface area contributed by atoms with Gasteiger partial charge in [0.05, 0.1) is 6.54 Å². The highest BCUT2D eigenvalue weighted by molar-refractivity contribution is 5.68. The van der Waals surface area contributed by atoms with Crippen molar-refractivity contribution in [2.24, 2.45) is 5.11 Å². The first kappa shape index (κ1) is 22.6. The quantitative estimate of drug-likeness (QED) is 0.196. The molecule has 0 saturated carbocycles. The lowest BCUT2D eigenvalue weighted by Crippen LogP contribution is -2.51. The Balaban J connectivity index is 2.48. The van der Waals surface area contributed by atoms with E-state index in [0.717, 1.165) is 4.57 Å². The average Bonchev–Trinajstić information content (AvgIpc) is 2.96. The molecule has 1 unspecified atom stereocenters. The molecule has 1 saturated heterocycles. The highest BCUT2D eigenvalue weighted by Crippen LogP contribution is 2.41. The average molecular weight is 414 g/mol. The number of hydrogen-bond donors (Lipinski definition) is 2. The highest BCUT2D eigenvalue weighted by atomic mass is 19.1. The molecule has 1 aromatic rings. The van der Waals surface area contributed by atoms with Gasteiger partial charge in [0, 0.05) is 17.5 Å². The monoisotopic (exact) mass is 414 g/mol. The number of aliphatic hydroxyl groups excluding tert-OH is 1. The summed E-state index contributed by atoms with van der Waals surface area (Å²) in [6.07, 6.45) is -5.05. The molecule has 13 heteroatoms. The van der Waals surface area contributed by atoms with Crippen molar-refractivity contribution < 1.29 is 28.5 Å². The Morgan fingerprint density at radius 3 is 2.93 bits per heavy atom. The molecule has 0 amide bonds. The van der Waals surface area contributed by atoms with Crippen molar-refractivity contribution in [1.82, 2.24) is 9.55 Å². The SMILES string of the molecule is CCC(=O)OC[C@@]1(CN=[N+]=[N-])O[C@@H](n2ccc(N)nc2=O)[C@H](F)[C@@H]1OC(O)CC. The van der Waals surface area contributed by atoms with Crippen LogP contribution >= 0.6 is 0 Å². The third kappa shape index (κ3) is 5.01. The number of rotatable bonds is 9. The maximum absolute atomic E-state index is 15.4. The lowest BCUT2D eigenvalue weighted by atomic mass is 9.96. The van der Waals surface area contributed by atoms with Gasteiger partial charge < -0.3 is 25.1 Å². The van der Waals surface area contributed by atoms with Crippen molar-refractivity contribution in [2.75, 3.05) is 18.9 Å². The molecule has 0 aliphatic carbocycles. The Morgan fingerprint density at radius 2 is 2.34 bits per heavy atom. The summed E-state index contributed by atoms with van der Waals surface area (Å²) in [4.78, 5) is 30.0.